The number of aryl methyl sites for hydroxylation is 1. The first-order chi connectivity index (χ1) is 7.81. The van der Waals surface area contributed by atoms with Crippen LogP contribution in [0.1, 0.15) is 17.0 Å². The van der Waals surface area contributed by atoms with Gasteiger partial charge < -0.3 is 14.4 Å². The van der Waals surface area contributed by atoms with E-state index in [1.165, 1.54) is 6.39 Å². The van der Waals surface area contributed by atoms with E-state index in [1.807, 2.05) is 25.1 Å². The lowest BCUT2D eigenvalue weighted by Gasteiger charge is -2.11. The van der Waals surface area contributed by atoms with Gasteiger partial charge in [-0.15, -0.1) is 0 Å². The number of benzene rings is 1. The number of aromatic nitrogens is 2. The molecule has 1 N–H and O–H groups in total. The Balaban J connectivity index is 2.14. The van der Waals surface area contributed by atoms with Crippen molar-refractivity contribution in [3.8, 4) is 5.75 Å². The number of aliphatic hydroxyl groups is 1. The molecule has 0 fully saturated rings. The van der Waals surface area contributed by atoms with Crippen LogP contribution in [0.25, 0.3) is 0 Å². The summed E-state index contributed by atoms with van der Waals surface area (Å²) in [7, 11) is 0. The van der Waals surface area contributed by atoms with Gasteiger partial charge in [0.25, 0.3) is 0 Å². The maximum absolute atomic E-state index is 9.17. The Bertz CT molecular complexity index is 454. The molecular formula is C11H12N2O3. The molecule has 2 aromatic rings. The molecule has 0 aliphatic carbocycles. The van der Waals surface area contributed by atoms with Crippen molar-refractivity contribution in [3.05, 3.63) is 41.5 Å². The zero-order chi connectivity index (χ0) is 11.4. The lowest BCUT2D eigenvalue weighted by molar-refractivity contribution is 0.252. The van der Waals surface area contributed by atoms with E-state index >= 15 is 0 Å². The van der Waals surface area contributed by atoms with Crippen LogP contribution in [0.3, 0.4) is 0 Å². The third-order valence-electron chi connectivity index (χ3n) is 2.22. The van der Waals surface area contributed by atoms with E-state index < -0.39 is 0 Å². The normalized spacial score (nSPS) is 10.4. The van der Waals surface area contributed by atoms with Crippen LogP contribution in [0.2, 0.25) is 0 Å². The minimum Gasteiger partial charge on any atom is -0.485 e. The monoisotopic (exact) mass is 220 g/mol. The summed E-state index contributed by atoms with van der Waals surface area (Å²) in [5.74, 6) is 1.15. The average Bonchev–Trinajstić information content (AvgIpc) is 2.80. The SMILES string of the molecule is Cc1cccc(CO)c1OCc1ncon1. The average molecular weight is 220 g/mol. The highest BCUT2D eigenvalue weighted by atomic mass is 16.5. The molecule has 1 aromatic heterocycles. The molecule has 0 spiro atoms. The number of hydrogen-bond acceptors (Lipinski definition) is 5. The molecular weight excluding hydrogens is 208 g/mol. The molecule has 0 saturated carbocycles. The van der Waals surface area contributed by atoms with Crippen molar-refractivity contribution in [2.24, 2.45) is 0 Å². The Hall–Kier alpha value is -1.88. The van der Waals surface area contributed by atoms with Gasteiger partial charge in [0.05, 0.1) is 6.61 Å². The van der Waals surface area contributed by atoms with Crippen molar-refractivity contribution in [3.63, 3.8) is 0 Å². The second kappa shape index (κ2) is 4.76. The van der Waals surface area contributed by atoms with E-state index in [-0.39, 0.29) is 13.2 Å². The fourth-order valence-corrected chi connectivity index (χ4v) is 1.44. The van der Waals surface area contributed by atoms with Gasteiger partial charge in [0.2, 0.25) is 12.2 Å². The number of aliphatic hydroxyl groups excluding tert-OH is 1. The fourth-order valence-electron chi connectivity index (χ4n) is 1.44. The molecule has 84 valence electrons. The third-order valence-corrected chi connectivity index (χ3v) is 2.22. The van der Waals surface area contributed by atoms with Gasteiger partial charge in [0.1, 0.15) is 5.75 Å². The van der Waals surface area contributed by atoms with Crippen LogP contribution in [0, 0.1) is 6.92 Å². The van der Waals surface area contributed by atoms with Crippen molar-refractivity contribution in [1.29, 1.82) is 0 Å². The number of hydrogen-bond donors (Lipinski definition) is 1. The summed E-state index contributed by atoms with van der Waals surface area (Å²) in [6, 6.07) is 5.62. The topological polar surface area (TPSA) is 68.4 Å². The highest BCUT2D eigenvalue weighted by molar-refractivity contribution is 5.40. The van der Waals surface area contributed by atoms with Crippen LogP contribution in [-0.2, 0) is 13.2 Å². The maximum Gasteiger partial charge on any atom is 0.213 e. The molecule has 5 nitrogen and oxygen atoms in total. The molecule has 0 saturated heterocycles. The van der Waals surface area contributed by atoms with Gasteiger partial charge >= 0.3 is 0 Å². The van der Waals surface area contributed by atoms with E-state index in [4.69, 9.17) is 4.74 Å². The second-order valence-electron chi connectivity index (χ2n) is 3.36. The third kappa shape index (κ3) is 2.20. The van der Waals surface area contributed by atoms with Gasteiger partial charge in [-0.1, -0.05) is 23.4 Å². The summed E-state index contributed by atoms with van der Waals surface area (Å²) in [5.41, 5.74) is 1.72. The lowest BCUT2D eigenvalue weighted by Crippen LogP contribution is -2.01. The van der Waals surface area contributed by atoms with Crippen molar-refractivity contribution < 1.29 is 14.4 Å². The molecule has 0 aliphatic rings. The Kier molecular flexibility index (Phi) is 3.16. The van der Waals surface area contributed by atoms with Crippen molar-refractivity contribution >= 4 is 0 Å². The zero-order valence-corrected chi connectivity index (χ0v) is 8.88. The first kappa shape index (κ1) is 10.6. The lowest BCUT2D eigenvalue weighted by atomic mass is 10.1. The summed E-state index contributed by atoms with van der Waals surface area (Å²) in [4.78, 5) is 3.85. The Morgan fingerprint density at radius 3 is 3.00 bits per heavy atom. The van der Waals surface area contributed by atoms with Gasteiger partial charge in [-0.05, 0) is 12.5 Å². The molecule has 5 heteroatoms. The van der Waals surface area contributed by atoms with Gasteiger partial charge in [-0.2, -0.15) is 4.98 Å². The van der Waals surface area contributed by atoms with E-state index in [9.17, 15) is 5.11 Å². The van der Waals surface area contributed by atoms with Crippen LogP contribution in [0.15, 0.2) is 29.1 Å². The van der Waals surface area contributed by atoms with Crippen LogP contribution >= 0.6 is 0 Å². The van der Waals surface area contributed by atoms with Gasteiger partial charge in [-0.25, -0.2) is 0 Å². The largest absolute Gasteiger partial charge is 0.485 e. The minimum atomic E-state index is -0.0523. The van der Waals surface area contributed by atoms with E-state index in [0.717, 1.165) is 11.1 Å². The molecule has 0 bridgehead atoms. The smallest absolute Gasteiger partial charge is 0.213 e. The van der Waals surface area contributed by atoms with Gasteiger partial charge in [0, 0.05) is 5.56 Å². The minimum absolute atomic E-state index is 0.0523. The second-order valence-corrected chi connectivity index (χ2v) is 3.36. The summed E-state index contributed by atoms with van der Waals surface area (Å²) in [5, 5.41) is 12.8. The Morgan fingerprint density at radius 1 is 1.44 bits per heavy atom. The van der Waals surface area contributed by atoms with Gasteiger partial charge in [-0.3, -0.25) is 0 Å². The Morgan fingerprint density at radius 2 is 2.31 bits per heavy atom. The maximum atomic E-state index is 9.17. The van der Waals surface area contributed by atoms with E-state index in [2.05, 4.69) is 14.7 Å². The molecule has 0 amide bonds. The van der Waals surface area contributed by atoms with Crippen molar-refractivity contribution in [2.75, 3.05) is 0 Å². The Labute approximate surface area is 92.7 Å². The summed E-state index contributed by atoms with van der Waals surface area (Å²) in [6.07, 6.45) is 1.25. The summed E-state index contributed by atoms with van der Waals surface area (Å²) >= 11 is 0. The molecule has 0 unspecified atom stereocenters. The predicted molar refractivity (Wildman–Crippen MR) is 55.7 cm³/mol. The first-order valence-electron chi connectivity index (χ1n) is 4.88. The first-order valence-corrected chi connectivity index (χ1v) is 4.88. The predicted octanol–water partition coefficient (Wildman–Crippen LogP) is 1.45. The van der Waals surface area contributed by atoms with Crippen molar-refractivity contribution in [2.45, 2.75) is 20.1 Å². The number of nitrogens with zero attached hydrogens (tertiary/aromatic N) is 2. The van der Waals surface area contributed by atoms with E-state index in [1.54, 1.807) is 0 Å². The standard InChI is InChI=1S/C11H12N2O3/c1-8-3-2-4-9(5-14)11(8)15-6-10-12-7-16-13-10/h2-4,7,14H,5-6H2,1H3. The summed E-state index contributed by atoms with van der Waals surface area (Å²) in [6.45, 7) is 2.10. The molecule has 1 heterocycles. The number of ether oxygens (including phenoxy) is 1. The molecule has 0 atom stereocenters. The summed E-state index contributed by atoms with van der Waals surface area (Å²) < 4.78 is 10.2. The van der Waals surface area contributed by atoms with Crippen LogP contribution < -0.4 is 4.74 Å². The number of para-hydroxylation sites is 1. The van der Waals surface area contributed by atoms with Gasteiger partial charge in [0.15, 0.2) is 6.61 Å². The molecule has 2 rings (SSSR count). The quantitative estimate of drug-likeness (QED) is 0.844. The number of rotatable bonds is 4. The highest BCUT2D eigenvalue weighted by Gasteiger charge is 2.07. The van der Waals surface area contributed by atoms with Crippen LogP contribution in [0.4, 0.5) is 0 Å². The van der Waals surface area contributed by atoms with Crippen LogP contribution in [0.5, 0.6) is 5.75 Å². The van der Waals surface area contributed by atoms with Crippen molar-refractivity contribution in [1.82, 2.24) is 10.1 Å². The van der Waals surface area contributed by atoms with E-state index in [0.29, 0.717) is 11.6 Å². The molecule has 0 radical (unpaired) electrons. The molecule has 1 aromatic carbocycles. The highest BCUT2D eigenvalue weighted by Crippen LogP contribution is 2.23. The molecule has 0 aliphatic heterocycles. The zero-order valence-electron chi connectivity index (χ0n) is 8.88. The fraction of sp³-hybridized carbons (Fsp3) is 0.273. The van der Waals surface area contributed by atoms with Crippen LogP contribution in [-0.4, -0.2) is 15.2 Å². The molecule has 16 heavy (non-hydrogen) atoms.